The van der Waals surface area contributed by atoms with E-state index in [0.29, 0.717) is 18.8 Å². The highest BCUT2D eigenvalue weighted by atomic mass is 16.5. The molecule has 0 saturated carbocycles. The molecule has 118 valence electrons. The summed E-state index contributed by atoms with van der Waals surface area (Å²) in [6.07, 6.45) is 5.36. The first-order chi connectivity index (χ1) is 10.7. The maximum atomic E-state index is 11.2. The number of carbonyl (C=O) groups is 1. The quantitative estimate of drug-likeness (QED) is 0.572. The third-order valence-corrected chi connectivity index (χ3v) is 3.87. The van der Waals surface area contributed by atoms with Crippen LogP contribution in [0.5, 0.6) is 5.75 Å². The second-order valence-electron chi connectivity index (χ2n) is 5.51. The summed E-state index contributed by atoms with van der Waals surface area (Å²) in [7, 11) is 0. The third-order valence-electron chi connectivity index (χ3n) is 3.87. The fourth-order valence-electron chi connectivity index (χ4n) is 2.67. The first kappa shape index (κ1) is 16.3. The molecule has 3 heteroatoms. The molecular weight excluding hydrogens is 276 g/mol. The van der Waals surface area contributed by atoms with Crippen molar-refractivity contribution in [1.29, 1.82) is 0 Å². The van der Waals surface area contributed by atoms with Crippen LogP contribution in [0.1, 0.15) is 44.6 Å². The van der Waals surface area contributed by atoms with E-state index in [1.165, 1.54) is 0 Å². The van der Waals surface area contributed by atoms with Crippen molar-refractivity contribution in [2.75, 3.05) is 6.61 Å². The van der Waals surface area contributed by atoms with Gasteiger partial charge in [-0.3, -0.25) is 4.79 Å². The van der Waals surface area contributed by atoms with Crippen molar-refractivity contribution >= 4 is 16.7 Å². The van der Waals surface area contributed by atoms with Crippen molar-refractivity contribution in [3.8, 4) is 5.75 Å². The lowest BCUT2D eigenvalue weighted by molar-refractivity contribution is -0.143. The van der Waals surface area contributed by atoms with Gasteiger partial charge in [0.25, 0.3) is 0 Å². The van der Waals surface area contributed by atoms with Gasteiger partial charge in [0.2, 0.25) is 0 Å². The molecule has 2 rings (SSSR count). The van der Waals surface area contributed by atoms with E-state index < -0.39 is 0 Å². The molecule has 2 aromatic carbocycles. The summed E-state index contributed by atoms with van der Waals surface area (Å²) in [4.78, 5) is 11.2. The Morgan fingerprint density at radius 3 is 2.64 bits per heavy atom. The number of unbranched alkanes of at least 4 members (excludes halogenated alkanes) is 3. The summed E-state index contributed by atoms with van der Waals surface area (Å²) in [5, 5.41) is 12.3. The number of fused-ring (bicyclic) bond motifs is 1. The summed E-state index contributed by atoms with van der Waals surface area (Å²) in [5.41, 5.74) is 1.00. The van der Waals surface area contributed by atoms with Gasteiger partial charge in [-0.2, -0.15) is 0 Å². The van der Waals surface area contributed by atoms with Crippen LogP contribution in [0.15, 0.2) is 36.4 Å². The molecule has 22 heavy (non-hydrogen) atoms. The number of carbonyl (C=O) groups excluding carboxylic acids is 1. The molecule has 0 spiro atoms. The molecule has 2 aromatic rings. The van der Waals surface area contributed by atoms with Gasteiger partial charge < -0.3 is 9.84 Å². The molecular formula is C19H24O3. The Kier molecular flexibility index (Phi) is 6.26. The van der Waals surface area contributed by atoms with Crippen LogP contribution in [0.3, 0.4) is 0 Å². The first-order valence-electron chi connectivity index (χ1n) is 8.07. The molecule has 0 atom stereocenters. The molecule has 0 aliphatic heterocycles. The monoisotopic (exact) mass is 300 g/mol. The largest absolute Gasteiger partial charge is 0.507 e. The van der Waals surface area contributed by atoms with Crippen LogP contribution in [0.4, 0.5) is 0 Å². The molecule has 1 N–H and O–H groups in total. The second-order valence-corrected chi connectivity index (χ2v) is 5.51. The standard InChI is InChI=1S/C19H24O3/c1-2-22-18(20)12-6-4-3-5-10-16-14-13-15-9-7-8-11-17(15)19(16)21/h7-9,11,13-14,21H,2-6,10,12H2,1H3. The van der Waals surface area contributed by atoms with Gasteiger partial charge in [-0.1, -0.05) is 49.2 Å². The Balaban J connectivity index is 1.76. The van der Waals surface area contributed by atoms with Crippen LogP contribution in [-0.2, 0) is 16.0 Å². The number of aryl methyl sites for hydroxylation is 1. The number of aromatic hydroxyl groups is 1. The Hall–Kier alpha value is -2.03. The summed E-state index contributed by atoms with van der Waals surface area (Å²) in [5.74, 6) is 0.305. The minimum Gasteiger partial charge on any atom is -0.507 e. The molecule has 0 heterocycles. The van der Waals surface area contributed by atoms with E-state index >= 15 is 0 Å². The molecule has 0 aliphatic carbocycles. The summed E-state index contributed by atoms with van der Waals surface area (Å²) in [6, 6.07) is 12.0. The zero-order valence-electron chi connectivity index (χ0n) is 13.2. The topological polar surface area (TPSA) is 46.5 Å². The number of phenols is 1. The number of esters is 1. The number of phenolic OH excluding ortho intramolecular Hbond substituents is 1. The Morgan fingerprint density at radius 1 is 1.05 bits per heavy atom. The van der Waals surface area contributed by atoms with Crippen LogP contribution in [0.2, 0.25) is 0 Å². The summed E-state index contributed by atoms with van der Waals surface area (Å²) < 4.78 is 4.90. The second kappa shape index (κ2) is 8.42. The molecule has 0 amide bonds. The fourth-order valence-corrected chi connectivity index (χ4v) is 2.67. The molecule has 0 fully saturated rings. The van der Waals surface area contributed by atoms with Crippen molar-refractivity contribution in [3.05, 3.63) is 42.0 Å². The predicted molar refractivity (Wildman–Crippen MR) is 89.0 cm³/mol. The van der Waals surface area contributed by atoms with Crippen LogP contribution in [0, 0.1) is 0 Å². The van der Waals surface area contributed by atoms with Crippen LogP contribution in [-0.4, -0.2) is 17.7 Å². The van der Waals surface area contributed by atoms with Gasteiger partial charge in [0.1, 0.15) is 5.75 Å². The van der Waals surface area contributed by atoms with Crippen LogP contribution >= 0.6 is 0 Å². The lowest BCUT2D eigenvalue weighted by Crippen LogP contribution is -2.03. The van der Waals surface area contributed by atoms with E-state index in [0.717, 1.165) is 48.4 Å². The van der Waals surface area contributed by atoms with E-state index in [4.69, 9.17) is 4.74 Å². The lowest BCUT2D eigenvalue weighted by atomic mass is 10.0. The Morgan fingerprint density at radius 2 is 1.82 bits per heavy atom. The van der Waals surface area contributed by atoms with E-state index in [2.05, 4.69) is 6.07 Å². The number of rotatable bonds is 8. The van der Waals surface area contributed by atoms with Gasteiger partial charge in [-0.25, -0.2) is 0 Å². The lowest BCUT2D eigenvalue weighted by Gasteiger charge is -2.08. The summed E-state index contributed by atoms with van der Waals surface area (Å²) in [6.45, 7) is 2.29. The van der Waals surface area contributed by atoms with Crippen molar-refractivity contribution in [2.45, 2.75) is 45.4 Å². The van der Waals surface area contributed by atoms with Gasteiger partial charge in [0, 0.05) is 11.8 Å². The van der Waals surface area contributed by atoms with Gasteiger partial charge in [0.05, 0.1) is 6.61 Å². The van der Waals surface area contributed by atoms with Crippen molar-refractivity contribution in [3.63, 3.8) is 0 Å². The zero-order valence-corrected chi connectivity index (χ0v) is 13.2. The van der Waals surface area contributed by atoms with E-state index in [-0.39, 0.29) is 5.97 Å². The molecule has 0 aliphatic rings. The normalized spacial score (nSPS) is 10.8. The highest BCUT2D eigenvalue weighted by Crippen LogP contribution is 2.29. The highest BCUT2D eigenvalue weighted by molar-refractivity contribution is 5.89. The van der Waals surface area contributed by atoms with Gasteiger partial charge in [-0.05, 0) is 37.1 Å². The average molecular weight is 300 g/mol. The average Bonchev–Trinajstić information content (AvgIpc) is 2.53. The first-order valence-corrected chi connectivity index (χ1v) is 8.07. The molecule has 0 bridgehead atoms. The van der Waals surface area contributed by atoms with Crippen molar-refractivity contribution in [2.24, 2.45) is 0 Å². The van der Waals surface area contributed by atoms with Gasteiger partial charge in [-0.15, -0.1) is 0 Å². The number of hydrogen-bond donors (Lipinski definition) is 1. The van der Waals surface area contributed by atoms with Crippen LogP contribution in [0.25, 0.3) is 10.8 Å². The highest BCUT2D eigenvalue weighted by Gasteiger charge is 2.06. The molecule has 0 aromatic heterocycles. The van der Waals surface area contributed by atoms with Gasteiger partial charge in [0.15, 0.2) is 0 Å². The van der Waals surface area contributed by atoms with Crippen molar-refractivity contribution < 1.29 is 14.6 Å². The molecule has 0 saturated heterocycles. The minimum absolute atomic E-state index is 0.102. The molecule has 3 nitrogen and oxygen atoms in total. The predicted octanol–water partition coefficient (Wildman–Crippen LogP) is 4.60. The number of hydrogen-bond acceptors (Lipinski definition) is 3. The van der Waals surface area contributed by atoms with E-state index in [1.807, 2.05) is 37.3 Å². The van der Waals surface area contributed by atoms with Crippen LogP contribution < -0.4 is 0 Å². The maximum Gasteiger partial charge on any atom is 0.305 e. The zero-order chi connectivity index (χ0) is 15.8. The van der Waals surface area contributed by atoms with E-state index in [1.54, 1.807) is 0 Å². The Labute approximate surface area is 131 Å². The molecule has 0 unspecified atom stereocenters. The summed E-state index contributed by atoms with van der Waals surface area (Å²) >= 11 is 0. The van der Waals surface area contributed by atoms with Crippen molar-refractivity contribution in [1.82, 2.24) is 0 Å². The minimum atomic E-state index is -0.102. The number of benzene rings is 2. The maximum absolute atomic E-state index is 11.2. The third kappa shape index (κ3) is 4.48. The fraction of sp³-hybridized carbons (Fsp3) is 0.421. The molecule has 0 radical (unpaired) electrons. The SMILES string of the molecule is CCOC(=O)CCCCCCc1ccc2ccccc2c1O. The number of ether oxygens (including phenoxy) is 1. The smallest absolute Gasteiger partial charge is 0.305 e. The van der Waals surface area contributed by atoms with E-state index in [9.17, 15) is 9.90 Å². The van der Waals surface area contributed by atoms with Gasteiger partial charge >= 0.3 is 5.97 Å². The Bertz CT molecular complexity index is 619.